The lowest BCUT2D eigenvalue weighted by Crippen LogP contribution is -2.11. The van der Waals surface area contributed by atoms with Crippen molar-refractivity contribution in [1.29, 1.82) is 0 Å². The Balaban J connectivity index is 2.43. The van der Waals surface area contributed by atoms with Gasteiger partial charge in [0.15, 0.2) is 9.84 Å². The van der Waals surface area contributed by atoms with Crippen molar-refractivity contribution in [3.63, 3.8) is 0 Å². The van der Waals surface area contributed by atoms with E-state index in [1.807, 2.05) is 0 Å². The summed E-state index contributed by atoms with van der Waals surface area (Å²) in [5.41, 5.74) is 0.882. The molecule has 0 fully saturated rings. The molecule has 2 heterocycles. The summed E-state index contributed by atoms with van der Waals surface area (Å²) < 4.78 is 24.5. The second kappa shape index (κ2) is 3.78. The lowest BCUT2D eigenvalue weighted by atomic mass is 10.2. The van der Waals surface area contributed by atoms with Crippen LogP contribution in [-0.2, 0) is 14.6 Å². The predicted molar refractivity (Wildman–Crippen MR) is 67.0 cm³/mol. The Morgan fingerprint density at radius 3 is 2.83 bits per heavy atom. The van der Waals surface area contributed by atoms with E-state index in [1.54, 1.807) is 24.3 Å². The molecular formula is C12H10N2O3S. The number of fused-ring (bicyclic) bond motifs is 3. The highest BCUT2D eigenvalue weighted by molar-refractivity contribution is 7.91. The highest BCUT2D eigenvalue weighted by Crippen LogP contribution is 2.31. The van der Waals surface area contributed by atoms with E-state index in [1.165, 1.54) is 6.20 Å². The van der Waals surface area contributed by atoms with E-state index in [2.05, 4.69) is 10.3 Å². The Morgan fingerprint density at radius 2 is 2.00 bits per heavy atom. The second-order valence-corrected chi connectivity index (χ2v) is 6.18. The Labute approximate surface area is 104 Å². The van der Waals surface area contributed by atoms with Crippen LogP contribution in [0.4, 0.5) is 5.69 Å². The van der Waals surface area contributed by atoms with Gasteiger partial charge in [0.25, 0.3) is 0 Å². The van der Waals surface area contributed by atoms with Gasteiger partial charge in [0, 0.05) is 11.8 Å². The minimum Gasteiger partial charge on any atom is -0.324 e. The van der Waals surface area contributed by atoms with Crippen LogP contribution in [0.5, 0.6) is 0 Å². The van der Waals surface area contributed by atoms with Crippen molar-refractivity contribution in [2.24, 2.45) is 0 Å². The lowest BCUT2D eigenvalue weighted by Gasteiger charge is -2.09. The van der Waals surface area contributed by atoms with Gasteiger partial charge in [0.2, 0.25) is 5.91 Å². The maximum Gasteiger partial charge on any atom is 0.225 e. The number of hydrogen-bond acceptors (Lipinski definition) is 4. The third-order valence-electron chi connectivity index (χ3n) is 2.91. The first-order valence-corrected chi connectivity index (χ1v) is 7.13. The summed E-state index contributed by atoms with van der Waals surface area (Å²) in [6, 6.07) is 7.00. The molecule has 0 saturated carbocycles. The number of hydrogen-bond donors (Lipinski definition) is 1. The number of carbonyl (C=O) groups is 1. The van der Waals surface area contributed by atoms with Crippen LogP contribution < -0.4 is 5.32 Å². The molecule has 1 N–H and O–H groups in total. The maximum atomic E-state index is 12.2. The zero-order valence-electron chi connectivity index (χ0n) is 9.38. The summed E-state index contributed by atoms with van der Waals surface area (Å²) in [6.45, 7) is 0. The predicted octanol–water partition coefficient (Wildman–Crippen LogP) is 1.35. The third-order valence-corrected chi connectivity index (χ3v) is 4.71. The van der Waals surface area contributed by atoms with Crippen LogP contribution >= 0.6 is 0 Å². The molecule has 6 heteroatoms. The quantitative estimate of drug-likeness (QED) is 0.777. The largest absolute Gasteiger partial charge is 0.324 e. The summed E-state index contributed by atoms with van der Waals surface area (Å²) >= 11 is 0. The number of anilines is 1. The molecule has 1 amide bonds. The molecule has 1 aromatic heterocycles. The molecule has 3 rings (SSSR count). The van der Waals surface area contributed by atoms with E-state index in [9.17, 15) is 13.2 Å². The summed E-state index contributed by atoms with van der Waals surface area (Å²) in [7, 11) is -3.46. The molecule has 0 atom stereocenters. The number of carbonyl (C=O) groups excluding carboxylic acids is 1. The molecule has 0 aliphatic carbocycles. The van der Waals surface area contributed by atoms with Gasteiger partial charge in [-0.25, -0.2) is 8.42 Å². The number of nitrogens with zero attached hydrogens (tertiary/aromatic N) is 1. The first-order chi connectivity index (χ1) is 8.58. The number of pyridine rings is 1. The zero-order chi connectivity index (χ0) is 12.8. The second-order valence-electron chi connectivity index (χ2n) is 4.14. The Hall–Kier alpha value is -1.95. The molecule has 18 heavy (non-hydrogen) atoms. The summed E-state index contributed by atoms with van der Waals surface area (Å²) in [5, 5.41) is 3.14. The van der Waals surface area contributed by atoms with E-state index in [0.717, 1.165) is 0 Å². The van der Waals surface area contributed by atoms with Crippen LogP contribution in [-0.4, -0.2) is 25.1 Å². The van der Waals surface area contributed by atoms with Crippen molar-refractivity contribution < 1.29 is 13.2 Å². The highest BCUT2D eigenvalue weighted by atomic mass is 32.2. The van der Waals surface area contributed by atoms with Crippen molar-refractivity contribution >= 4 is 32.3 Å². The van der Waals surface area contributed by atoms with Crippen LogP contribution in [0.25, 0.3) is 10.9 Å². The molecule has 2 aromatic rings. The smallest absolute Gasteiger partial charge is 0.225 e. The van der Waals surface area contributed by atoms with Crippen molar-refractivity contribution in [2.45, 2.75) is 11.3 Å². The van der Waals surface area contributed by atoms with Gasteiger partial charge in [-0.1, -0.05) is 18.2 Å². The van der Waals surface area contributed by atoms with Crippen LogP contribution in [0.1, 0.15) is 6.42 Å². The van der Waals surface area contributed by atoms with Gasteiger partial charge in [0.05, 0.1) is 23.2 Å². The van der Waals surface area contributed by atoms with Crippen molar-refractivity contribution in [1.82, 2.24) is 4.98 Å². The normalized spacial score (nSPS) is 17.9. The maximum absolute atomic E-state index is 12.2. The van der Waals surface area contributed by atoms with E-state index >= 15 is 0 Å². The minimum absolute atomic E-state index is 0.0225. The van der Waals surface area contributed by atoms with Crippen LogP contribution in [0.3, 0.4) is 0 Å². The van der Waals surface area contributed by atoms with Gasteiger partial charge in [-0.05, 0) is 6.07 Å². The summed E-state index contributed by atoms with van der Waals surface area (Å²) in [5.74, 6) is -0.464. The van der Waals surface area contributed by atoms with Crippen LogP contribution in [0, 0.1) is 0 Å². The molecule has 5 nitrogen and oxygen atoms in total. The molecule has 1 aromatic carbocycles. The van der Waals surface area contributed by atoms with E-state index in [-0.39, 0.29) is 28.7 Å². The Kier molecular flexibility index (Phi) is 2.34. The highest BCUT2D eigenvalue weighted by Gasteiger charge is 2.27. The molecule has 0 unspecified atom stereocenters. The first-order valence-electron chi connectivity index (χ1n) is 5.48. The molecular weight excluding hydrogens is 252 g/mol. The Bertz CT molecular complexity index is 753. The molecule has 0 bridgehead atoms. The average Bonchev–Trinajstić information content (AvgIpc) is 2.47. The number of amides is 1. The molecule has 92 valence electrons. The van der Waals surface area contributed by atoms with E-state index in [4.69, 9.17) is 0 Å². The third kappa shape index (κ3) is 1.65. The number of aromatic nitrogens is 1. The van der Waals surface area contributed by atoms with E-state index in [0.29, 0.717) is 10.9 Å². The van der Waals surface area contributed by atoms with Crippen molar-refractivity contribution in [3.8, 4) is 0 Å². The molecule has 0 spiro atoms. The van der Waals surface area contributed by atoms with Crippen molar-refractivity contribution in [2.75, 3.05) is 11.1 Å². The number of nitrogens with one attached hydrogen (secondary N) is 1. The molecule has 1 aliphatic rings. The topological polar surface area (TPSA) is 76.1 Å². The van der Waals surface area contributed by atoms with Crippen LogP contribution in [0.2, 0.25) is 0 Å². The van der Waals surface area contributed by atoms with Gasteiger partial charge < -0.3 is 5.32 Å². The van der Waals surface area contributed by atoms with Gasteiger partial charge in [-0.3, -0.25) is 9.78 Å². The van der Waals surface area contributed by atoms with Crippen molar-refractivity contribution in [3.05, 3.63) is 30.5 Å². The first kappa shape index (κ1) is 11.2. The number of sulfone groups is 1. The van der Waals surface area contributed by atoms with Gasteiger partial charge in [0.1, 0.15) is 4.90 Å². The molecule has 0 saturated heterocycles. The lowest BCUT2D eigenvalue weighted by molar-refractivity contribution is -0.115. The fourth-order valence-electron chi connectivity index (χ4n) is 2.08. The zero-order valence-corrected chi connectivity index (χ0v) is 10.2. The fourth-order valence-corrected chi connectivity index (χ4v) is 3.69. The number of benzene rings is 1. The molecule has 1 aliphatic heterocycles. The SMILES string of the molecule is O=C1CCS(=O)(=O)c2c(cnc3ccccc23)N1. The standard InChI is InChI=1S/C12H10N2O3S/c15-11-5-6-18(16,17)12-8-3-1-2-4-9(8)13-7-10(12)14-11/h1-4,7H,5-6H2,(H,14,15). The Morgan fingerprint density at radius 1 is 1.22 bits per heavy atom. The minimum atomic E-state index is -3.46. The summed E-state index contributed by atoms with van der Waals surface area (Å²) in [4.78, 5) is 15.8. The van der Waals surface area contributed by atoms with E-state index < -0.39 is 9.84 Å². The summed E-state index contributed by atoms with van der Waals surface area (Å²) in [6.07, 6.45) is 1.38. The number of rotatable bonds is 0. The number of para-hydroxylation sites is 1. The van der Waals surface area contributed by atoms with Gasteiger partial charge in [-0.15, -0.1) is 0 Å². The van der Waals surface area contributed by atoms with Gasteiger partial charge >= 0.3 is 0 Å². The van der Waals surface area contributed by atoms with Gasteiger partial charge in [-0.2, -0.15) is 0 Å². The van der Waals surface area contributed by atoms with Crippen LogP contribution in [0.15, 0.2) is 35.4 Å². The monoisotopic (exact) mass is 262 g/mol. The average molecular weight is 262 g/mol. The molecule has 0 radical (unpaired) electrons. The fraction of sp³-hybridized carbons (Fsp3) is 0.167.